The van der Waals surface area contributed by atoms with Crippen molar-refractivity contribution in [2.75, 3.05) is 6.61 Å². The van der Waals surface area contributed by atoms with Crippen LogP contribution in [0.2, 0.25) is 0 Å². The van der Waals surface area contributed by atoms with E-state index in [1.165, 1.54) is 12.8 Å². The molecule has 1 fully saturated rings. The summed E-state index contributed by atoms with van der Waals surface area (Å²) in [7, 11) is 0. The van der Waals surface area contributed by atoms with Gasteiger partial charge >= 0.3 is 5.97 Å². The zero-order valence-corrected chi connectivity index (χ0v) is 12.0. The Balaban J connectivity index is 1.77. The SMILES string of the molecule is CC1CC[C@H](COC(=O)CC2=CC(=O)NC2=O)C(C)C1. The summed E-state index contributed by atoms with van der Waals surface area (Å²) in [5, 5.41) is 2.11. The molecule has 1 saturated carbocycles. The van der Waals surface area contributed by atoms with Crippen LogP contribution in [0.25, 0.3) is 0 Å². The molecule has 1 N–H and O–H groups in total. The summed E-state index contributed by atoms with van der Waals surface area (Å²) in [5.74, 6) is 0.312. The van der Waals surface area contributed by atoms with Crippen LogP contribution in [-0.4, -0.2) is 24.4 Å². The molecule has 2 amide bonds. The zero-order chi connectivity index (χ0) is 14.7. The Morgan fingerprint density at radius 3 is 2.70 bits per heavy atom. The Kier molecular flexibility index (Phi) is 4.57. The molecule has 5 nitrogen and oxygen atoms in total. The van der Waals surface area contributed by atoms with E-state index in [0.717, 1.165) is 18.4 Å². The van der Waals surface area contributed by atoms with E-state index >= 15 is 0 Å². The van der Waals surface area contributed by atoms with Crippen LogP contribution in [0.15, 0.2) is 11.6 Å². The average Bonchev–Trinajstić information content (AvgIpc) is 2.66. The Morgan fingerprint density at radius 2 is 2.10 bits per heavy atom. The van der Waals surface area contributed by atoms with Gasteiger partial charge in [-0.25, -0.2) is 0 Å². The first kappa shape index (κ1) is 14.8. The Morgan fingerprint density at radius 1 is 1.35 bits per heavy atom. The van der Waals surface area contributed by atoms with Crippen molar-refractivity contribution >= 4 is 17.8 Å². The highest BCUT2D eigenvalue weighted by molar-refractivity contribution is 6.17. The maximum atomic E-state index is 11.7. The summed E-state index contributed by atoms with van der Waals surface area (Å²) in [6.45, 7) is 4.86. The van der Waals surface area contributed by atoms with Crippen molar-refractivity contribution in [2.45, 2.75) is 39.5 Å². The van der Waals surface area contributed by atoms with Crippen molar-refractivity contribution in [3.63, 3.8) is 0 Å². The van der Waals surface area contributed by atoms with Crippen molar-refractivity contribution in [1.29, 1.82) is 0 Å². The van der Waals surface area contributed by atoms with E-state index in [9.17, 15) is 14.4 Å². The highest BCUT2D eigenvalue weighted by Gasteiger charge is 2.27. The number of imide groups is 1. The van der Waals surface area contributed by atoms with Crippen molar-refractivity contribution in [1.82, 2.24) is 5.32 Å². The van der Waals surface area contributed by atoms with Crippen molar-refractivity contribution in [2.24, 2.45) is 17.8 Å². The maximum Gasteiger partial charge on any atom is 0.310 e. The predicted octanol–water partition coefficient (Wildman–Crippen LogP) is 1.57. The van der Waals surface area contributed by atoms with E-state index < -0.39 is 17.8 Å². The summed E-state index contributed by atoms with van der Waals surface area (Å²) < 4.78 is 5.26. The van der Waals surface area contributed by atoms with Gasteiger partial charge in [-0.1, -0.05) is 20.3 Å². The topological polar surface area (TPSA) is 72.5 Å². The molecule has 2 unspecified atom stereocenters. The standard InChI is InChI=1S/C15H21NO4/c1-9-3-4-11(10(2)5-9)8-20-14(18)7-12-6-13(17)16-15(12)19/h6,9-11H,3-5,7-8H2,1-2H3,(H,16,17,19)/t9?,10?,11-/m1/s1. The number of ether oxygens (including phenoxy) is 1. The number of carbonyl (C=O) groups excluding carboxylic acids is 3. The normalized spacial score (nSPS) is 29.9. The molecule has 110 valence electrons. The fourth-order valence-electron chi connectivity index (χ4n) is 2.97. The number of hydrogen-bond donors (Lipinski definition) is 1. The molecule has 0 aromatic carbocycles. The lowest BCUT2D eigenvalue weighted by Crippen LogP contribution is -2.27. The molecular weight excluding hydrogens is 258 g/mol. The lowest BCUT2D eigenvalue weighted by Gasteiger charge is -2.32. The van der Waals surface area contributed by atoms with Gasteiger partial charge in [-0.3, -0.25) is 19.7 Å². The van der Waals surface area contributed by atoms with Gasteiger partial charge in [0.2, 0.25) is 0 Å². The van der Waals surface area contributed by atoms with Crippen LogP contribution in [-0.2, 0) is 19.1 Å². The molecule has 0 saturated heterocycles. The summed E-state index contributed by atoms with van der Waals surface area (Å²) in [6.07, 6.45) is 4.46. The van der Waals surface area contributed by atoms with Crippen LogP contribution in [0.3, 0.4) is 0 Å². The molecule has 3 atom stereocenters. The fourth-order valence-corrected chi connectivity index (χ4v) is 2.97. The third-order valence-corrected chi connectivity index (χ3v) is 4.24. The number of esters is 1. The number of amides is 2. The van der Waals surface area contributed by atoms with Crippen molar-refractivity contribution in [3.8, 4) is 0 Å². The van der Waals surface area contributed by atoms with E-state index in [2.05, 4.69) is 19.2 Å². The molecule has 5 heteroatoms. The van der Waals surface area contributed by atoms with Crippen molar-refractivity contribution < 1.29 is 19.1 Å². The molecular formula is C15H21NO4. The van der Waals surface area contributed by atoms with Crippen LogP contribution in [0.1, 0.15) is 39.5 Å². The second-order valence-corrected chi connectivity index (χ2v) is 6.00. The summed E-state index contributed by atoms with van der Waals surface area (Å²) >= 11 is 0. The predicted molar refractivity (Wildman–Crippen MR) is 72.5 cm³/mol. The van der Waals surface area contributed by atoms with E-state index in [-0.39, 0.29) is 12.0 Å². The minimum absolute atomic E-state index is 0.130. The van der Waals surface area contributed by atoms with Gasteiger partial charge < -0.3 is 4.74 Å². The molecule has 2 rings (SSSR count). The Labute approximate surface area is 118 Å². The van der Waals surface area contributed by atoms with Crippen LogP contribution in [0, 0.1) is 17.8 Å². The first-order chi connectivity index (χ1) is 9.45. The lowest BCUT2D eigenvalue weighted by atomic mass is 9.76. The number of carbonyl (C=O) groups is 3. The molecule has 1 aliphatic heterocycles. The highest BCUT2D eigenvalue weighted by atomic mass is 16.5. The van der Waals surface area contributed by atoms with Gasteiger partial charge in [0.05, 0.1) is 13.0 Å². The minimum Gasteiger partial charge on any atom is -0.465 e. The maximum absolute atomic E-state index is 11.7. The van der Waals surface area contributed by atoms with E-state index in [0.29, 0.717) is 18.4 Å². The van der Waals surface area contributed by atoms with Crippen LogP contribution >= 0.6 is 0 Å². The van der Waals surface area contributed by atoms with E-state index in [4.69, 9.17) is 4.74 Å². The smallest absolute Gasteiger partial charge is 0.310 e. The summed E-state index contributed by atoms with van der Waals surface area (Å²) in [5.41, 5.74) is 0.185. The van der Waals surface area contributed by atoms with Crippen molar-refractivity contribution in [3.05, 3.63) is 11.6 Å². The molecule has 2 aliphatic rings. The zero-order valence-electron chi connectivity index (χ0n) is 12.0. The largest absolute Gasteiger partial charge is 0.465 e. The Bertz CT molecular complexity index is 455. The second kappa shape index (κ2) is 6.20. The number of nitrogens with one attached hydrogen (secondary N) is 1. The molecule has 1 heterocycles. The molecule has 0 aromatic rings. The molecule has 0 radical (unpaired) electrons. The number of hydrogen-bond acceptors (Lipinski definition) is 4. The van der Waals surface area contributed by atoms with Gasteiger partial charge in [0, 0.05) is 11.6 Å². The third kappa shape index (κ3) is 3.68. The Hall–Kier alpha value is -1.65. The quantitative estimate of drug-likeness (QED) is 0.626. The minimum atomic E-state index is -0.494. The lowest BCUT2D eigenvalue weighted by molar-refractivity contribution is -0.145. The molecule has 0 bridgehead atoms. The second-order valence-electron chi connectivity index (χ2n) is 6.00. The molecule has 0 spiro atoms. The third-order valence-electron chi connectivity index (χ3n) is 4.24. The number of rotatable bonds is 4. The first-order valence-electron chi connectivity index (χ1n) is 7.17. The molecule has 1 aliphatic carbocycles. The van der Waals surface area contributed by atoms with Gasteiger partial charge in [0.1, 0.15) is 0 Å². The fraction of sp³-hybridized carbons (Fsp3) is 0.667. The van der Waals surface area contributed by atoms with Crippen LogP contribution in [0.4, 0.5) is 0 Å². The average molecular weight is 279 g/mol. The molecule has 20 heavy (non-hydrogen) atoms. The monoisotopic (exact) mass is 279 g/mol. The van der Waals surface area contributed by atoms with E-state index in [1.807, 2.05) is 0 Å². The summed E-state index contributed by atoms with van der Waals surface area (Å²) in [4.78, 5) is 34.0. The highest BCUT2D eigenvalue weighted by Crippen LogP contribution is 2.33. The first-order valence-corrected chi connectivity index (χ1v) is 7.17. The van der Waals surface area contributed by atoms with Crippen LogP contribution < -0.4 is 5.32 Å². The summed E-state index contributed by atoms with van der Waals surface area (Å²) in [6, 6.07) is 0. The van der Waals surface area contributed by atoms with Gasteiger partial charge in [-0.2, -0.15) is 0 Å². The van der Waals surface area contributed by atoms with Gasteiger partial charge in [-0.05, 0) is 30.6 Å². The van der Waals surface area contributed by atoms with Crippen LogP contribution in [0.5, 0.6) is 0 Å². The molecule has 0 aromatic heterocycles. The van der Waals surface area contributed by atoms with Gasteiger partial charge in [0.25, 0.3) is 11.8 Å². The van der Waals surface area contributed by atoms with Gasteiger partial charge in [-0.15, -0.1) is 0 Å². The van der Waals surface area contributed by atoms with E-state index in [1.54, 1.807) is 0 Å². The van der Waals surface area contributed by atoms with Gasteiger partial charge in [0.15, 0.2) is 0 Å².